The Morgan fingerprint density at radius 1 is 1.06 bits per heavy atom. The van der Waals surface area contributed by atoms with E-state index >= 15 is 0 Å². The monoisotopic (exact) mass is 251 g/mol. The molecule has 0 saturated heterocycles. The molecule has 0 saturated carbocycles. The van der Waals surface area contributed by atoms with E-state index in [2.05, 4.69) is 59.2 Å². The topological polar surface area (TPSA) is 12.0 Å². The van der Waals surface area contributed by atoms with E-state index in [4.69, 9.17) is 0 Å². The van der Waals surface area contributed by atoms with Crippen LogP contribution >= 0.6 is 11.3 Å². The summed E-state index contributed by atoms with van der Waals surface area (Å²) >= 11 is 1.81. The van der Waals surface area contributed by atoms with Crippen molar-refractivity contribution in [3.8, 4) is 0 Å². The molecule has 4 rings (SSSR count). The van der Waals surface area contributed by atoms with Crippen molar-refractivity contribution in [1.29, 1.82) is 0 Å². The van der Waals surface area contributed by atoms with Crippen LogP contribution in [0.3, 0.4) is 0 Å². The second-order valence-corrected chi connectivity index (χ2v) is 5.72. The summed E-state index contributed by atoms with van der Waals surface area (Å²) in [4.78, 5) is 0. The number of thiophene rings is 1. The van der Waals surface area contributed by atoms with E-state index in [1.165, 1.54) is 26.9 Å². The smallest absolute Gasteiger partial charge is 0.0555 e. The predicted molar refractivity (Wildman–Crippen MR) is 78.3 cm³/mol. The highest BCUT2D eigenvalue weighted by atomic mass is 32.1. The van der Waals surface area contributed by atoms with Gasteiger partial charge in [-0.2, -0.15) is 0 Å². The van der Waals surface area contributed by atoms with Crippen molar-refractivity contribution < 1.29 is 0 Å². The minimum absolute atomic E-state index is 0.423. The molecular weight excluding hydrogens is 238 g/mol. The van der Waals surface area contributed by atoms with Crippen LogP contribution in [-0.4, -0.2) is 0 Å². The van der Waals surface area contributed by atoms with Gasteiger partial charge in [0, 0.05) is 10.4 Å². The molecule has 18 heavy (non-hydrogen) atoms. The lowest BCUT2D eigenvalue weighted by Crippen LogP contribution is -2.05. The van der Waals surface area contributed by atoms with Gasteiger partial charge in [-0.3, -0.25) is 0 Å². The van der Waals surface area contributed by atoms with Crippen LogP contribution in [0.4, 0.5) is 5.69 Å². The number of benzene rings is 2. The number of anilines is 1. The van der Waals surface area contributed by atoms with Crippen LogP contribution in [0.2, 0.25) is 0 Å². The van der Waals surface area contributed by atoms with E-state index in [9.17, 15) is 0 Å². The third kappa shape index (κ3) is 1.53. The van der Waals surface area contributed by atoms with Crippen molar-refractivity contribution in [3.63, 3.8) is 0 Å². The lowest BCUT2D eigenvalue weighted by atomic mass is 10.0. The molecule has 0 aliphatic carbocycles. The van der Waals surface area contributed by atoms with Crippen LogP contribution in [0.15, 0.2) is 53.9 Å². The number of rotatable bonds is 1. The lowest BCUT2D eigenvalue weighted by Gasteiger charge is -2.11. The molecule has 1 nitrogen and oxygen atoms in total. The fraction of sp³-hybridized carbons (Fsp3) is 0.125. The van der Waals surface area contributed by atoms with Crippen molar-refractivity contribution in [1.82, 2.24) is 0 Å². The van der Waals surface area contributed by atoms with Gasteiger partial charge in [-0.25, -0.2) is 0 Å². The van der Waals surface area contributed by atoms with Crippen molar-refractivity contribution in [2.75, 3.05) is 5.32 Å². The normalized spacial score (nSPS) is 17.7. The van der Waals surface area contributed by atoms with Crippen LogP contribution < -0.4 is 5.32 Å². The molecule has 0 radical (unpaired) electrons. The highest BCUT2D eigenvalue weighted by Gasteiger charge is 2.21. The molecular formula is C16H13NS. The number of fused-ring (bicyclic) bond motifs is 2. The van der Waals surface area contributed by atoms with Gasteiger partial charge in [0.25, 0.3) is 0 Å². The number of nitrogens with one attached hydrogen (secondary N) is 1. The zero-order chi connectivity index (χ0) is 11.9. The van der Waals surface area contributed by atoms with Crippen molar-refractivity contribution >= 4 is 27.1 Å². The lowest BCUT2D eigenvalue weighted by molar-refractivity contribution is 0.826. The molecule has 0 fully saturated rings. The molecule has 0 bridgehead atoms. The summed E-state index contributed by atoms with van der Waals surface area (Å²) in [5.41, 5.74) is 4.10. The maximum absolute atomic E-state index is 3.61. The zero-order valence-corrected chi connectivity index (χ0v) is 10.7. The summed E-state index contributed by atoms with van der Waals surface area (Å²) in [6.07, 6.45) is 1.09. The fourth-order valence-corrected chi connectivity index (χ4v) is 3.47. The Morgan fingerprint density at radius 2 is 2.00 bits per heavy atom. The Morgan fingerprint density at radius 3 is 2.94 bits per heavy atom. The van der Waals surface area contributed by atoms with E-state index in [0.717, 1.165) is 6.42 Å². The minimum Gasteiger partial charge on any atom is -0.378 e. The SMILES string of the molecule is c1ccc2c(c1)CC(c1ccc3sccc3c1)N2. The summed E-state index contributed by atoms with van der Waals surface area (Å²) in [5, 5.41) is 7.13. The summed E-state index contributed by atoms with van der Waals surface area (Å²) in [6.45, 7) is 0. The van der Waals surface area contributed by atoms with Gasteiger partial charge in [0.15, 0.2) is 0 Å². The molecule has 1 aromatic heterocycles. The van der Waals surface area contributed by atoms with Crippen LogP contribution in [0.5, 0.6) is 0 Å². The van der Waals surface area contributed by atoms with E-state index in [-0.39, 0.29) is 0 Å². The summed E-state index contributed by atoms with van der Waals surface area (Å²) in [7, 11) is 0. The first-order valence-electron chi connectivity index (χ1n) is 6.22. The largest absolute Gasteiger partial charge is 0.378 e. The standard InChI is InChI=1S/C16H13NS/c1-2-4-14-11(3-1)10-15(17-14)12-5-6-16-13(9-12)7-8-18-16/h1-9,15,17H,10H2. The van der Waals surface area contributed by atoms with Gasteiger partial charge in [-0.1, -0.05) is 24.3 Å². The van der Waals surface area contributed by atoms with Crippen LogP contribution in [0, 0.1) is 0 Å². The number of hydrogen-bond donors (Lipinski definition) is 1. The van der Waals surface area contributed by atoms with Gasteiger partial charge in [-0.05, 0) is 52.6 Å². The maximum Gasteiger partial charge on any atom is 0.0555 e. The van der Waals surface area contributed by atoms with Crippen molar-refractivity contribution in [3.05, 3.63) is 65.0 Å². The van der Waals surface area contributed by atoms with Crippen molar-refractivity contribution in [2.45, 2.75) is 12.5 Å². The van der Waals surface area contributed by atoms with Gasteiger partial charge in [0.05, 0.1) is 6.04 Å². The van der Waals surface area contributed by atoms with Gasteiger partial charge < -0.3 is 5.32 Å². The minimum atomic E-state index is 0.423. The first-order chi connectivity index (χ1) is 8.90. The zero-order valence-electron chi connectivity index (χ0n) is 9.89. The molecule has 1 atom stereocenters. The Balaban J connectivity index is 1.73. The second kappa shape index (κ2) is 3.85. The molecule has 88 valence electrons. The first kappa shape index (κ1) is 10.2. The van der Waals surface area contributed by atoms with E-state index in [0.29, 0.717) is 6.04 Å². The molecule has 1 aliphatic rings. The second-order valence-electron chi connectivity index (χ2n) is 4.78. The predicted octanol–water partition coefficient (Wildman–Crippen LogP) is 4.61. The van der Waals surface area contributed by atoms with Crippen LogP contribution in [0.25, 0.3) is 10.1 Å². The highest BCUT2D eigenvalue weighted by molar-refractivity contribution is 7.17. The first-order valence-corrected chi connectivity index (χ1v) is 7.10. The maximum atomic E-state index is 3.61. The summed E-state index contributed by atoms with van der Waals surface area (Å²) < 4.78 is 1.37. The third-order valence-corrected chi connectivity index (χ3v) is 4.55. The average Bonchev–Trinajstić information content (AvgIpc) is 3.04. The fourth-order valence-electron chi connectivity index (χ4n) is 2.70. The van der Waals surface area contributed by atoms with Gasteiger partial charge in [-0.15, -0.1) is 11.3 Å². The van der Waals surface area contributed by atoms with E-state index in [1.54, 1.807) is 11.3 Å². The highest BCUT2D eigenvalue weighted by Crippen LogP contribution is 2.35. The summed E-state index contributed by atoms with van der Waals surface area (Å²) in [5.74, 6) is 0. The number of hydrogen-bond acceptors (Lipinski definition) is 2. The molecule has 1 aliphatic heterocycles. The van der Waals surface area contributed by atoms with Gasteiger partial charge in [0.1, 0.15) is 0 Å². The van der Waals surface area contributed by atoms with Gasteiger partial charge >= 0.3 is 0 Å². The van der Waals surface area contributed by atoms with Crippen molar-refractivity contribution in [2.24, 2.45) is 0 Å². The van der Waals surface area contributed by atoms with E-state index in [1.807, 2.05) is 0 Å². The molecule has 2 heterocycles. The van der Waals surface area contributed by atoms with Crippen LogP contribution in [-0.2, 0) is 6.42 Å². The Labute approximate surface area is 110 Å². The Hall–Kier alpha value is -1.80. The quantitative estimate of drug-likeness (QED) is 0.666. The Bertz CT molecular complexity index is 689. The molecule has 0 spiro atoms. The number of para-hydroxylation sites is 1. The van der Waals surface area contributed by atoms with Gasteiger partial charge in [0.2, 0.25) is 0 Å². The van der Waals surface area contributed by atoms with E-state index < -0.39 is 0 Å². The van der Waals surface area contributed by atoms with Crippen LogP contribution in [0.1, 0.15) is 17.2 Å². The molecule has 1 N–H and O–H groups in total. The average molecular weight is 251 g/mol. The molecule has 1 unspecified atom stereocenters. The molecule has 2 heteroatoms. The molecule has 2 aromatic carbocycles. The molecule has 3 aromatic rings. The Kier molecular flexibility index (Phi) is 2.17. The third-order valence-electron chi connectivity index (χ3n) is 3.65. The summed E-state index contributed by atoms with van der Waals surface area (Å²) in [6, 6.07) is 18.0. The molecule has 0 amide bonds.